The Balaban J connectivity index is 1.42. The van der Waals surface area contributed by atoms with Crippen LogP contribution in [0.1, 0.15) is 18.7 Å². The fraction of sp³-hybridized carbons (Fsp3) is 0.200. The molecule has 0 saturated carbocycles. The van der Waals surface area contributed by atoms with Gasteiger partial charge in [-0.1, -0.05) is 30.3 Å². The summed E-state index contributed by atoms with van der Waals surface area (Å²) in [7, 11) is 0. The number of thioether (sulfide) groups is 1. The number of fused-ring (bicyclic) bond motifs is 1. The lowest BCUT2D eigenvalue weighted by molar-refractivity contribution is -0.146. The topological polar surface area (TPSA) is 68.5 Å². The van der Waals surface area contributed by atoms with E-state index in [-0.39, 0.29) is 24.3 Å². The van der Waals surface area contributed by atoms with Gasteiger partial charge in [0.1, 0.15) is 5.76 Å². The van der Waals surface area contributed by atoms with Gasteiger partial charge in [-0.05, 0) is 42.0 Å². The summed E-state index contributed by atoms with van der Waals surface area (Å²) in [5.41, 5.74) is 0. The lowest BCUT2D eigenvalue weighted by Crippen LogP contribution is -2.31. The van der Waals surface area contributed by atoms with Crippen LogP contribution < -0.4 is 5.32 Å². The average molecular weight is 369 g/mol. The summed E-state index contributed by atoms with van der Waals surface area (Å²) in [5.74, 6) is 0.0118. The highest BCUT2D eigenvalue weighted by molar-refractivity contribution is 8.00. The van der Waals surface area contributed by atoms with Crippen molar-refractivity contribution in [3.63, 3.8) is 0 Å². The molecule has 0 bridgehead atoms. The maximum atomic E-state index is 11.9. The van der Waals surface area contributed by atoms with Crippen LogP contribution in [0.25, 0.3) is 10.8 Å². The van der Waals surface area contributed by atoms with Crippen LogP contribution in [0.2, 0.25) is 0 Å². The number of rotatable bonds is 7. The minimum Gasteiger partial charge on any atom is -0.467 e. The molecule has 5 nitrogen and oxygen atoms in total. The molecule has 0 aliphatic heterocycles. The fourth-order valence-electron chi connectivity index (χ4n) is 2.48. The average Bonchev–Trinajstić information content (AvgIpc) is 3.19. The van der Waals surface area contributed by atoms with Crippen molar-refractivity contribution >= 4 is 34.4 Å². The van der Waals surface area contributed by atoms with E-state index in [1.807, 2.05) is 42.5 Å². The summed E-state index contributed by atoms with van der Waals surface area (Å²) >= 11 is 1.39. The molecular formula is C20H19NO4S. The van der Waals surface area contributed by atoms with E-state index >= 15 is 0 Å². The molecule has 3 rings (SSSR count). The number of hydrogen-bond donors (Lipinski definition) is 1. The normalized spacial score (nSPS) is 11.9. The van der Waals surface area contributed by atoms with E-state index < -0.39 is 5.97 Å². The monoisotopic (exact) mass is 369 g/mol. The number of benzene rings is 2. The summed E-state index contributed by atoms with van der Waals surface area (Å²) in [6.07, 6.45) is 1.54. The fourth-order valence-corrected chi connectivity index (χ4v) is 3.22. The van der Waals surface area contributed by atoms with Gasteiger partial charge < -0.3 is 14.5 Å². The second-order valence-corrected chi connectivity index (χ2v) is 6.81. The van der Waals surface area contributed by atoms with E-state index in [1.54, 1.807) is 25.3 Å². The molecule has 1 amide bonds. The van der Waals surface area contributed by atoms with Crippen molar-refractivity contribution in [3.8, 4) is 0 Å². The molecule has 1 atom stereocenters. The largest absolute Gasteiger partial charge is 0.467 e. The predicted octanol–water partition coefficient (Wildman–Crippen LogP) is 3.95. The van der Waals surface area contributed by atoms with Crippen molar-refractivity contribution < 1.29 is 18.7 Å². The molecule has 3 aromatic rings. The smallest absolute Gasteiger partial charge is 0.316 e. The lowest BCUT2D eigenvalue weighted by Gasteiger charge is -2.11. The summed E-state index contributed by atoms with van der Waals surface area (Å²) in [6.45, 7) is 1.50. The summed E-state index contributed by atoms with van der Waals surface area (Å²) in [6, 6.07) is 17.3. The quantitative estimate of drug-likeness (QED) is 0.505. The molecule has 26 heavy (non-hydrogen) atoms. The van der Waals surface area contributed by atoms with Crippen LogP contribution in [-0.2, 0) is 14.3 Å². The molecule has 6 heteroatoms. The van der Waals surface area contributed by atoms with Crippen molar-refractivity contribution in [2.75, 3.05) is 12.4 Å². The van der Waals surface area contributed by atoms with Crippen LogP contribution in [0.3, 0.4) is 0 Å². The van der Waals surface area contributed by atoms with Crippen LogP contribution in [0.5, 0.6) is 0 Å². The zero-order valence-corrected chi connectivity index (χ0v) is 15.1. The first-order valence-corrected chi connectivity index (χ1v) is 9.20. The molecule has 0 fully saturated rings. The Morgan fingerprint density at radius 2 is 1.92 bits per heavy atom. The number of amides is 1. The Morgan fingerprint density at radius 3 is 2.69 bits per heavy atom. The van der Waals surface area contributed by atoms with Crippen molar-refractivity contribution in [2.45, 2.75) is 17.9 Å². The standard InChI is InChI=1S/C20H19NO4S/c1-14(18-7-4-10-24-18)21-19(22)12-25-20(23)13-26-17-9-8-15-5-2-3-6-16(15)11-17/h2-11,14H,12-13H2,1H3,(H,21,22)/t14-/m1/s1. The molecule has 0 aliphatic rings. The summed E-state index contributed by atoms with van der Waals surface area (Å²) in [5, 5.41) is 4.99. The Kier molecular flexibility index (Phi) is 5.96. The molecule has 0 aliphatic carbocycles. The minimum atomic E-state index is -0.427. The van der Waals surface area contributed by atoms with Gasteiger partial charge in [-0.3, -0.25) is 9.59 Å². The number of hydrogen-bond acceptors (Lipinski definition) is 5. The number of furan rings is 1. The Morgan fingerprint density at radius 1 is 1.12 bits per heavy atom. The number of esters is 1. The maximum Gasteiger partial charge on any atom is 0.316 e. The highest BCUT2D eigenvalue weighted by atomic mass is 32.2. The minimum absolute atomic E-state index is 0.152. The van der Waals surface area contributed by atoms with E-state index in [0.29, 0.717) is 5.76 Å². The van der Waals surface area contributed by atoms with E-state index in [0.717, 1.165) is 15.7 Å². The first-order valence-electron chi connectivity index (χ1n) is 8.22. The third-order valence-electron chi connectivity index (χ3n) is 3.79. The van der Waals surface area contributed by atoms with Gasteiger partial charge in [-0.15, -0.1) is 11.8 Å². The maximum absolute atomic E-state index is 11.9. The van der Waals surface area contributed by atoms with Gasteiger partial charge in [0.05, 0.1) is 18.1 Å². The second-order valence-electron chi connectivity index (χ2n) is 5.76. The van der Waals surface area contributed by atoms with E-state index in [4.69, 9.17) is 9.15 Å². The van der Waals surface area contributed by atoms with Crippen molar-refractivity contribution in [3.05, 3.63) is 66.6 Å². The van der Waals surface area contributed by atoms with E-state index in [9.17, 15) is 9.59 Å². The number of carbonyl (C=O) groups is 2. The Hall–Kier alpha value is -2.73. The highest BCUT2D eigenvalue weighted by Crippen LogP contribution is 2.23. The third-order valence-corrected chi connectivity index (χ3v) is 4.76. The molecule has 1 N–H and O–H groups in total. The van der Waals surface area contributed by atoms with Crippen LogP contribution in [0, 0.1) is 0 Å². The van der Waals surface area contributed by atoms with Crippen LogP contribution in [0.15, 0.2) is 70.2 Å². The van der Waals surface area contributed by atoms with Gasteiger partial charge in [-0.25, -0.2) is 0 Å². The molecular weight excluding hydrogens is 350 g/mol. The third kappa shape index (κ3) is 4.89. The van der Waals surface area contributed by atoms with Gasteiger partial charge >= 0.3 is 5.97 Å². The first kappa shape index (κ1) is 18.1. The number of nitrogens with one attached hydrogen (secondary N) is 1. The zero-order valence-electron chi connectivity index (χ0n) is 14.3. The van der Waals surface area contributed by atoms with Gasteiger partial charge in [0, 0.05) is 4.90 Å². The molecule has 2 aromatic carbocycles. The lowest BCUT2D eigenvalue weighted by atomic mass is 10.1. The highest BCUT2D eigenvalue weighted by Gasteiger charge is 2.13. The second kappa shape index (κ2) is 8.58. The van der Waals surface area contributed by atoms with Crippen LogP contribution in [-0.4, -0.2) is 24.2 Å². The van der Waals surface area contributed by atoms with Crippen molar-refractivity contribution in [1.29, 1.82) is 0 Å². The zero-order chi connectivity index (χ0) is 18.4. The summed E-state index contributed by atoms with van der Waals surface area (Å²) < 4.78 is 10.2. The van der Waals surface area contributed by atoms with E-state index in [2.05, 4.69) is 5.32 Å². The van der Waals surface area contributed by atoms with Crippen LogP contribution in [0.4, 0.5) is 0 Å². The summed E-state index contributed by atoms with van der Waals surface area (Å²) in [4.78, 5) is 24.7. The number of ether oxygens (including phenoxy) is 1. The van der Waals surface area contributed by atoms with Crippen molar-refractivity contribution in [2.24, 2.45) is 0 Å². The molecule has 134 valence electrons. The molecule has 0 radical (unpaired) electrons. The molecule has 1 aromatic heterocycles. The first-order chi connectivity index (χ1) is 12.6. The van der Waals surface area contributed by atoms with Gasteiger partial charge in [-0.2, -0.15) is 0 Å². The van der Waals surface area contributed by atoms with Crippen molar-refractivity contribution in [1.82, 2.24) is 5.32 Å². The number of carbonyl (C=O) groups excluding carboxylic acids is 2. The molecule has 0 saturated heterocycles. The SMILES string of the molecule is C[C@@H](NC(=O)COC(=O)CSc1ccc2ccccc2c1)c1ccco1. The van der Waals surface area contributed by atoms with Gasteiger partial charge in [0.2, 0.25) is 0 Å². The Bertz CT molecular complexity index is 892. The Labute approximate surface area is 155 Å². The predicted molar refractivity (Wildman–Crippen MR) is 101 cm³/mol. The van der Waals surface area contributed by atoms with Gasteiger partial charge in [0.25, 0.3) is 5.91 Å². The molecule has 0 unspecified atom stereocenters. The van der Waals surface area contributed by atoms with E-state index in [1.165, 1.54) is 11.8 Å². The molecule has 1 heterocycles. The van der Waals surface area contributed by atoms with Gasteiger partial charge in [0.15, 0.2) is 6.61 Å². The molecule has 0 spiro atoms. The van der Waals surface area contributed by atoms with Crippen LogP contribution >= 0.6 is 11.8 Å².